The normalized spacial score (nSPS) is 23.8. The number of aliphatic hydroxyl groups excluding tert-OH is 1. The van der Waals surface area contributed by atoms with Crippen molar-refractivity contribution in [3.63, 3.8) is 0 Å². The van der Waals surface area contributed by atoms with Gasteiger partial charge in [0.05, 0.1) is 5.57 Å². The SMILES string of the molecule is C/C=C/CCC(=O)CC[C@@]1(C)OC(=O)C(C)=C1O. The van der Waals surface area contributed by atoms with E-state index >= 15 is 0 Å². The first-order valence-electron chi connectivity index (χ1n) is 6.17. The summed E-state index contributed by atoms with van der Waals surface area (Å²) in [4.78, 5) is 22.9. The van der Waals surface area contributed by atoms with Gasteiger partial charge in [0, 0.05) is 19.3 Å². The van der Waals surface area contributed by atoms with Gasteiger partial charge in [0.15, 0.2) is 5.60 Å². The Morgan fingerprint density at radius 1 is 1.44 bits per heavy atom. The van der Waals surface area contributed by atoms with Crippen LogP contribution in [0.5, 0.6) is 0 Å². The fraction of sp³-hybridized carbons (Fsp3) is 0.571. The molecule has 0 saturated heterocycles. The molecule has 0 fully saturated rings. The van der Waals surface area contributed by atoms with Crippen molar-refractivity contribution in [2.45, 2.75) is 52.1 Å². The Kier molecular flexibility index (Phi) is 4.70. The van der Waals surface area contributed by atoms with Crippen molar-refractivity contribution in [3.05, 3.63) is 23.5 Å². The molecule has 1 rings (SSSR count). The second-order valence-electron chi connectivity index (χ2n) is 4.74. The Labute approximate surface area is 107 Å². The molecule has 0 unspecified atom stereocenters. The molecule has 0 saturated carbocycles. The average molecular weight is 252 g/mol. The minimum Gasteiger partial charge on any atom is -0.507 e. The first-order valence-corrected chi connectivity index (χ1v) is 6.17. The van der Waals surface area contributed by atoms with E-state index in [0.29, 0.717) is 19.3 Å². The van der Waals surface area contributed by atoms with E-state index in [0.717, 1.165) is 6.42 Å². The van der Waals surface area contributed by atoms with Crippen LogP contribution in [0.4, 0.5) is 0 Å². The highest BCUT2D eigenvalue weighted by Gasteiger charge is 2.42. The molecule has 0 spiro atoms. The second kappa shape index (κ2) is 5.85. The number of allylic oxidation sites excluding steroid dienone is 2. The standard InChI is InChI=1S/C14H20O4/c1-4-5-6-7-11(15)8-9-14(3)12(16)10(2)13(17)18-14/h4-5,16H,6-9H2,1-3H3/b5-4+/t14-/m1/s1. The maximum atomic E-state index is 11.6. The van der Waals surface area contributed by atoms with Crippen LogP contribution in [-0.4, -0.2) is 22.5 Å². The number of cyclic esters (lactones) is 1. The lowest BCUT2D eigenvalue weighted by molar-refractivity contribution is -0.148. The molecular formula is C14H20O4. The van der Waals surface area contributed by atoms with Crippen molar-refractivity contribution in [3.8, 4) is 0 Å². The fourth-order valence-electron chi connectivity index (χ4n) is 1.91. The number of ether oxygens (including phenoxy) is 1. The van der Waals surface area contributed by atoms with E-state index in [-0.39, 0.29) is 17.1 Å². The molecule has 0 aromatic carbocycles. The fourth-order valence-corrected chi connectivity index (χ4v) is 1.91. The van der Waals surface area contributed by atoms with E-state index in [1.807, 2.05) is 19.1 Å². The third-order valence-electron chi connectivity index (χ3n) is 3.19. The molecule has 0 aromatic heterocycles. The van der Waals surface area contributed by atoms with Gasteiger partial charge in [0.1, 0.15) is 11.5 Å². The first-order chi connectivity index (χ1) is 8.40. The summed E-state index contributed by atoms with van der Waals surface area (Å²) in [6.07, 6.45) is 5.70. The molecular weight excluding hydrogens is 232 g/mol. The molecule has 1 atom stereocenters. The molecule has 4 heteroatoms. The zero-order chi connectivity index (χ0) is 13.8. The second-order valence-corrected chi connectivity index (χ2v) is 4.74. The summed E-state index contributed by atoms with van der Waals surface area (Å²) in [7, 11) is 0. The van der Waals surface area contributed by atoms with Crippen LogP contribution < -0.4 is 0 Å². The number of hydrogen-bond acceptors (Lipinski definition) is 4. The molecule has 0 bridgehead atoms. The van der Waals surface area contributed by atoms with Crippen molar-refractivity contribution < 1.29 is 19.4 Å². The van der Waals surface area contributed by atoms with E-state index < -0.39 is 11.6 Å². The van der Waals surface area contributed by atoms with Gasteiger partial charge in [-0.2, -0.15) is 0 Å². The van der Waals surface area contributed by atoms with Gasteiger partial charge in [-0.15, -0.1) is 0 Å². The smallest absolute Gasteiger partial charge is 0.338 e. The topological polar surface area (TPSA) is 63.6 Å². The Balaban J connectivity index is 2.49. The Morgan fingerprint density at radius 2 is 2.11 bits per heavy atom. The average Bonchev–Trinajstić information content (AvgIpc) is 2.52. The van der Waals surface area contributed by atoms with Crippen LogP contribution in [0.3, 0.4) is 0 Å². The van der Waals surface area contributed by atoms with Crippen molar-refractivity contribution in [1.29, 1.82) is 0 Å². The highest BCUT2D eigenvalue weighted by molar-refractivity contribution is 5.91. The monoisotopic (exact) mass is 252 g/mol. The predicted molar refractivity (Wildman–Crippen MR) is 68.1 cm³/mol. The lowest BCUT2D eigenvalue weighted by Gasteiger charge is -2.22. The zero-order valence-electron chi connectivity index (χ0n) is 11.2. The van der Waals surface area contributed by atoms with Gasteiger partial charge in [-0.3, -0.25) is 4.79 Å². The molecule has 1 aliphatic rings. The number of hydrogen-bond donors (Lipinski definition) is 1. The third-order valence-corrected chi connectivity index (χ3v) is 3.19. The van der Waals surface area contributed by atoms with Crippen LogP contribution in [0.1, 0.15) is 46.5 Å². The Hall–Kier alpha value is -1.58. The van der Waals surface area contributed by atoms with Gasteiger partial charge >= 0.3 is 5.97 Å². The number of ketones is 1. The Bertz CT molecular complexity index is 406. The van der Waals surface area contributed by atoms with E-state index in [9.17, 15) is 14.7 Å². The van der Waals surface area contributed by atoms with Crippen LogP contribution in [0.25, 0.3) is 0 Å². The van der Waals surface area contributed by atoms with Gasteiger partial charge in [-0.25, -0.2) is 4.79 Å². The van der Waals surface area contributed by atoms with E-state index in [4.69, 9.17) is 4.74 Å². The molecule has 1 aliphatic heterocycles. The van der Waals surface area contributed by atoms with Gasteiger partial charge in [-0.1, -0.05) is 12.2 Å². The van der Waals surface area contributed by atoms with Crippen molar-refractivity contribution in [1.82, 2.24) is 0 Å². The lowest BCUT2D eigenvalue weighted by Crippen LogP contribution is -2.29. The molecule has 0 amide bonds. The number of Topliss-reactive ketones (excluding diaryl/α,β-unsaturated/α-hetero) is 1. The molecule has 1 N–H and O–H groups in total. The van der Waals surface area contributed by atoms with Gasteiger partial charge in [0.2, 0.25) is 0 Å². The number of esters is 1. The van der Waals surface area contributed by atoms with E-state index in [1.165, 1.54) is 6.92 Å². The maximum absolute atomic E-state index is 11.6. The van der Waals surface area contributed by atoms with Crippen LogP contribution in [0, 0.1) is 0 Å². The summed E-state index contributed by atoms with van der Waals surface area (Å²) in [5, 5.41) is 9.83. The summed E-state index contributed by atoms with van der Waals surface area (Å²) in [5.41, 5.74) is -0.795. The highest BCUT2D eigenvalue weighted by atomic mass is 16.6. The quantitative estimate of drug-likeness (QED) is 0.583. The molecule has 18 heavy (non-hydrogen) atoms. The van der Waals surface area contributed by atoms with Gasteiger partial charge < -0.3 is 9.84 Å². The van der Waals surface area contributed by atoms with Gasteiger partial charge in [-0.05, 0) is 27.2 Å². The van der Waals surface area contributed by atoms with Crippen molar-refractivity contribution in [2.24, 2.45) is 0 Å². The summed E-state index contributed by atoms with van der Waals surface area (Å²) in [6.45, 7) is 5.07. The van der Waals surface area contributed by atoms with Crippen LogP contribution in [0.2, 0.25) is 0 Å². The largest absolute Gasteiger partial charge is 0.507 e. The van der Waals surface area contributed by atoms with Crippen LogP contribution in [0.15, 0.2) is 23.5 Å². The minimum atomic E-state index is -1.03. The van der Waals surface area contributed by atoms with Crippen LogP contribution in [-0.2, 0) is 14.3 Å². The van der Waals surface area contributed by atoms with E-state index in [1.54, 1.807) is 6.92 Å². The van der Waals surface area contributed by atoms with Crippen molar-refractivity contribution in [2.75, 3.05) is 0 Å². The number of carbonyl (C=O) groups excluding carboxylic acids is 2. The molecule has 1 heterocycles. The predicted octanol–water partition coefficient (Wildman–Crippen LogP) is 2.84. The van der Waals surface area contributed by atoms with E-state index in [2.05, 4.69) is 0 Å². The first kappa shape index (κ1) is 14.5. The summed E-state index contributed by atoms with van der Waals surface area (Å²) in [5.74, 6) is -0.437. The lowest BCUT2D eigenvalue weighted by atomic mass is 9.94. The molecule has 4 nitrogen and oxygen atoms in total. The molecule has 100 valence electrons. The summed E-state index contributed by atoms with van der Waals surface area (Å²) < 4.78 is 5.12. The number of carbonyl (C=O) groups is 2. The van der Waals surface area contributed by atoms with Crippen molar-refractivity contribution >= 4 is 11.8 Å². The third kappa shape index (κ3) is 3.22. The molecule has 0 aliphatic carbocycles. The number of aliphatic hydroxyl groups is 1. The zero-order valence-corrected chi connectivity index (χ0v) is 11.2. The van der Waals surface area contributed by atoms with Crippen LogP contribution >= 0.6 is 0 Å². The summed E-state index contributed by atoms with van der Waals surface area (Å²) in [6, 6.07) is 0. The summed E-state index contributed by atoms with van der Waals surface area (Å²) >= 11 is 0. The van der Waals surface area contributed by atoms with Gasteiger partial charge in [0.25, 0.3) is 0 Å². The maximum Gasteiger partial charge on any atom is 0.338 e. The number of rotatable bonds is 6. The minimum absolute atomic E-state index is 0.0474. The molecule has 0 aromatic rings. The highest BCUT2D eigenvalue weighted by Crippen LogP contribution is 2.34. The molecule has 0 radical (unpaired) electrons. The Morgan fingerprint density at radius 3 is 2.61 bits per heavy atom.